The fraction of sp³-hybridized carbons (Fsp3) is 0.947. The average molecular weight is 338 g/mol. The number of amides is 2. The maximum absolute atomic E-state index is 12.3. The molecule has 24 heavy (non-hydrogen) atoms. The molecule has 5 nitrogen and oxygen atoms in total. The third-order valence-electron chi connectivity index (χ3n) is 6.21. The number of carbonyl (C=O) groups is 1. The Labute approximate surface area is 146 Å². The SMILES string of the molecule is C[C@@H]1CC[C@H](NC(=O)NC2CCN(C[C@H]3CCOC3)CC2)[C@H](C)C1. The number of piperidine rings is 1. The van der Waals surface area contributed by atoms with Crippen LogP contribution in [-0.2, 0) is 4.74 Å². The van der Waals surface area contributed by atoms with E-state index in [1.165, 1.54) is 19.3 Å². The van der Waals surface area contributed by atoms with Crippen molar-refractivity contribution in [1.29, 1.82) is 0 Å². The molecule has 0 aromatic rings. The Morgan fingerprint density at radius 3 is 2.54 bits per heavy atom. The van der Waals surface area contributed by atoms with E-state index in [1.807, 2.05) is 0 Å². The number of ether oxygens (including phenoxy) is 1. The van der Waals surface area contributed by atoms with Gasteiger partial charge < -0.3 is 20.3 Å². The molecule has 2 aliphatic heterocycles. The van der Waals surface area contributed by atoms with Gasteiger partial charge in [0.2, 0.25) is 0 Å². The summed E-state index contributed by atoms with van der Waals surface area (Å²) in [5, 5.41) is 6.44. The zero-order chi connectivity index (χ0) is 16.9. The van der Waals surface area contributed by atoms with Crippen LogP contribution in [0.15, 0.2) is 0 Å². The Bertz CT molecular complexity index is 403. The number of nitrogens with zero attached hydrogens (tertiary/aromatic N) is 1. The topological polar surface area (TPSA) is 53.6 Å². The van der Waals surface area contributed by atoms with Crippen LogP contribution >= 0.6 is 0 Å². The minimum atomic E-state index is 0.0454. The Morgan fingerprint density at radius 2 is 1.88 bits per heavy atom. The quantitative estimate of drug-likeness (QED) is 0.829. The molecule has 3 fully saturated rings. The van der Waals surface area contributed by atoms with Gasteiger partial charge in [-0.25, -0.2) is 4.79 Å². The minimum Gasteiger partial charge on any atom is -0.381 e. The Hall–Kier alpha value is -0.810. The summed E-state index contributed by atoms with van der Waals surface area (Å²) in [6.45, 7) is 9.80. The highest BCUT2D eigenvalue weighted by molar-refractivity contribution is 5.74. The van der Waals surface area contributed by atoms with Gasteiger partial charge in [0, 0.05) is 38.3 Å². The van der Waals surface area contributed by atoms with Gasteiger partial charge in [0.25, 0.3) is 0 Å². The molecule has 3 rings (SSSR count). The second-order valence-corrected chi connectivity index (χ2v) is 8.42. The van der Waals surface area contributed by atoms with E-state index in [4.69, 9.17) is 4.74 Å². The zero-order valence-corrected chi connectivity index (χ0v) is 15.4. The van der Waals surface area contributed by atoms with Crippen molar-refractivity contribution in [2.75, 3.05) is 32.8 Å². The molecule has 4 atom stereocenters. The first-order chi connectivity index (χ1) is 11.6. The van der Waals surface area contributed by atoms with Crippen LogP contribution in [0.5, 0.6) is 0 Å². The van der Waals surface area contributed by atoms with Gasteiger partial charge in [0.05, 0.1) is 6.61 Å². The highest BCUT2D eigenvalue weighted by Gasteiger charge is 2.28. The molecule has 2 N–H and O–H groups in total. The van der Waals surface area contributed by atoms with Crippen molar-refractivity contribution in [2.45, 2.75) is 64.5 Å². The molecule has 1 saturated carbocycles. The Morgan fingerprint density at radius 1 is 1.08 bits per heavy atom. The predicted octanol–water partition coefficient (Wildman–Crippen LogP) is 2.61. The molecule has 0 aromatic heterocycles. The van der Waals surface area contributed by atoms with Gasteiger partial charge in [0.15, 0.2) is 0 Å². The largest absolute Gasteiger partial charge is 0.381 e. The molecule has 0 spiro atoms. The van der Waals surface area contributed by atoms with Crippen LogP contribution in [0, 0.1) is 17.8 Å². The van der Waals surface area contributed by atoms with Crippen molar-refractivity contribution in [3.05, 3.63) is 0 Å². The first-order valence-corrected chi connectivity index (χ1v) is 9.97. The smallest absolute Gasteiger partial charge is 0.315 e. The van der Waals surface area contributed by atoms with Crippen LogP contribution in [0.25, 0.3) is 0 Å². The Kier molecular flexibility index (Phi) is 6.39. The molecule has 0 unspecified atom stereocenters. The summed E-state index contributed by atoms with van der Waals surface area (Å²) in [6.07, 6.45) is 6.93. The van der Waals surface area contributed by atoms with Gasteiger partial charge >= 0.3 is 6.03 Å². The van der Waals surface area contributed by atoms with Crippen LogP contribution in [0.4, 0.5) is 4.79 Å². The van der Waals surface area contributed by atoms with Gasteiger partial charge in [-0.3, -0.25) is 0 Å². The number of likely N-dealkylation sites (tertiary alicyclic amines) is 1. The molecule has 3 aliphatic rings. The van der Waals surface area contributed by atoms with E-state index in [2.05, 4.69) is 29.4 Å². The van der Waals surface area contributed by atoms with Gasteiger partial charge in [-0.2, -0.15) is 0 Å². The predicted molar refractivity (Wildman–Crippen MR) is 96.0 cm³/mol. The van der Waals surface area contributed by atoms with Crippen LogP contribution in [-0.4, -0.2) is 55.9 Å². The lowest BCUT2D eigenvalue weighted by molar-refractivity contribution is 0.147. The number of nitrogens with one attached hydrogen (secondary N) is 2. The molecule has 2 heterocycles. The number of hydrogen-bond donors (Lipinski definition) is 2. The van der Waals surface area contributed by atoms with Gasteiger partial charge in [0.1, 0.15) is 0 Å². The molecular formula is C19H35N3O2. The van der Waals surface area contributed by atoms with Gasteiger partial charge in [-0.05, 0) is 56.3 Å². The lowest BCUT2D eigenvalue weighted by Crippen LogP contribution is -2.52. The second-order valence-electron chi connectivity index (χ2n) is 8.42. The highest BCUT2D eigenvalue weighted by atomic mass is 16.5. The number of urea groups is 1. The lowest BCUT2D eigenvalue weighted by atomic mass is 9.80. The minimum absolute atomic E-state index is 0.0454. The molecule has 2 saturated heterocycles. The lowest BCUT2D eigenvalue weighted by Gasteiger charge is -2.35. The van der Waals surface area contributed by atoms with E-state index in [9.17, 15) is 4.79 Å². The van der Waals surface area contributed by atoms with Crippen molar-refractivity contribution < 1.29 is 9.53 Å². The Balaban J connectivity index is 1.34. The van der Waals surface area contributed by atoms with Gasteiger partial charge in [-0.15, -0.1) is 0 Å². The van der Waals surface area contributed by atoms with Crippen molar-refractivity contribution in [1.82, 2.24) is 15.5 Å². The van der Waals surface area contributed by atoms with Crippen molar-refractivity contribution in [2.24, 2.45) is 17.8 Å². The standard InChI is InChI=1S/C19H35N3O2/c1-14-3-4-18(15(2)11-14)21-19(23)20-17-5-8-22(9-6-17)12-16-7-10-24-13-16/h14-18H,3-13H2,1-2H3,(H2,20,21,23)/t14-,15-,16-,18+/m1/s1. The number of carbonyl (C=O) groups excluding carboxylic acids is 1. The maximum Gasteiger partial charge on any atom is 0.315 e. The molecule has 1 aliphatic carbocycles. The summed E-state index contributed by atoms with van der Waals surface area (Å²) in [5.74, 6) is 2.11. The first kappa shape index (κ1) is 18.0. The van der Waals surface area contributed by atoms with Crippen LogP contribution in [0.3, 0.4) is 0 Å². The van der Waals surface area contributed by atoms with Crippen LogP contribution in [0.2, 0.25) is 0 Å². The third kappa shape index (κ3) is 5.09. The van der Waals surface area contributed by atoms with E-state index < -0.39 is 0 Å². The highest BCUT2D eigenvalue weighted by Crippen LogP contribution is 2.28. The molecule has 5 heteroatoms. The number of hydrogen-bond acceptors (Lipinski definition) is 3. The van der Waals surface area contributed by atoms with Crippen molar-refractivity contribution in [3.8, 4) is 0 Å². The van der Waals surface area contributed by atoms with E-state index in [1.54, 1.807) is 0 Å². The van der Waals surface area contributed by atoms with E-state index in [0.29, 0.717) is 23.9 Å². The molecule has 138 valence electrons. The molecular weight excluding hydrogens is 302 g/mol. The average Bonchev–Trinajstić information content (AvgIpc) is 3.05. The fourth-order valence-corrected chi connectivity index (χ4v) is 4.63. The van der Waals surface area contributed by atoms with Crippen molar-refractivity contribution in [3.63, 3.8) is 0 Å². The summed E-state index contributed by atoms with van der Waals surface area (Å²) < 4.78 is 5.47. The third-order valence-corrected chi connectivity index (χ3v) is 6.21. The molecule has 0 bridgehead atoms. The van der Waals surface area contributed by atoms with Gasteiger partial charge in [-0.1, -0.05) is 13.8 Å². The second kappa shape index (κ2) is 8.52. The van der Waals surface area contributed by atoms with Crippen LogP contribution < -0.4 is 10.6 Å². The molecule has 2 amide bonds. The fourth-order valence-electron chi connectivity index (χ4n) is 4.63. The van der Waals surface area contributed by atoms with Crippen LogP contribution in [0.1, 0.15) is 52.4 Å². The summed E-state index contributed by atoms with van der Waals surface area (Å²) in [4.78, 5) is 14.9. The first-order valence-electron chi connectivity index (χ1n) is 9.97. The molecule has 0 aromatic carbocycles. The van der Waals surface area contributed by atoms with E-state index in [0.717, 1.165) is 58.0 Å². The monoisotopic (exact) mass is 337 g/mol. The summed E-state index contributed by atoms with van der Waals surface area (Å²) in [7, 11) is 0. The van der Waals surface area contributed by atoms with E-state index >= 15 is 0 Å². The maximum atomic E-state index is 12.3. The number of rotatable bonds is 4. The normalized spacial score (nSPS) is 35.8. The summed E-state index contributed by atoms with van der Waals surface area (Å²) in [6, 6.07) is 0.728. The van der Waals surface area contributed by atoms with E-state index in [-0.39, 0.29) is 6.03 Å². The summed E-state index contributed by atoms with van der Waals surface area (Å²) in [5.41, 5.74) is 0. The van der Waals surface area contributed by atoms with Crippen molar-refractivity contribution >= 4 is 6.03 Å². The zero-order valence-electron chi connectivity index (χ0n) is 15.4. The molecule has 0 radical (unpaired) electrons. The summed E-state index contributed by atoms with van der Waals surface area (Å²) >= 11 is 0.